The second-order valence-corrected chi connectivity index (χ2v) is 7.19. The standard InChI is InChI=1S/C15H18N2O3S/c16-12-6-7-14-11(9-12)3-1-5-15(14)21(19,20)17-8-2-4-13(17)10-18/h1,3,5-7,9,13,18H,2,4,8,10,16H2. The molecular formula is C15H18N2O3S. The van der Waals surface area contributed by atoms with Crippen molar-refractivity contribution in [2.75, 3.05) is 18.9 Å². The molecule has 1 heterocycles. The van der Waals surface area contributed by atoms with Gasteiger partial charge in [0.2, 0.25) is 10.0 Å². The fraction of sp³-hybridized carbons (Fsp3) is 0.333. The molecule has 6 heteroatoms. The molecule has 1 saturated heterocycles. The van der Waals surface area contributed by atoms with Crippen molar-refractivity contribution in [2.24, 2.45) is 0 Å². The number of nitrogen functional groups attached to an aromatic ring is 1. The van der Waals surface area contributed by atoms with Crippen LogP contribution in [-0.4, -0.2) is 37.0 Å². The Morgan fingerprint density at radius 2 is 2.10 bits per heavy atom. The molecule has 0 bridgehead atoms. The normalized spacial score (nSPS) is 20.1. The number of anilines is 1. The van der Waals surface area contributed by atoms with E-state index in [1.807, 2.05) is 6.07 Å². The van der Waals surface area contributed by atoms with Crippen molar-refractivity contribution >= 4 is 26.5 Å². The van der Waals surface area contributed by atoms with Crippen molar-refractivity contribution in [1.29, 1.82) is 0 Å². The maximum atomic E-state index is 12.9. The van der Waals surface area contributed by atoms with Crippen LogP contribution in [0.1, 0.15) is 12.8 Å². The molecule has 1 aliphatic rings. The molecule has 0 saturated carbocycles. The van der Waals surface area contributed by atoms with E-state index in [0.29, 0.717) is 24.0 Å². The topological polar surface area (TPSA) is 83.6 Å². The molecule has 1 fully saturated rings. The van der Waals surface area contributed by atoms with Crippen LogP contribution in [0.2, 0.25) is 0 Å². The van der Waals surface area contributed by atoms with E-state index in [1.54, 1.807) is 30.3 Å². The van der Waals surface area contributed by atoms with Gasteiger partial charge in [0, 0.05) is 23.7 Å². The Balaban J connectivity index is 2.15. The molecule has 2 aromatic carbocycles. The van der Waals surface area contributed by atoms with Crippen LogP contribution in [0.15, 0.2) is 41.3 Å². The number of nitrogens with two attached hydrogens (primary N) is 1. The first kappa shape index (κ1) is 14.3. The average Bonchev–Trinajstić information content (AvgIpc) is 2.95. The van der Waals surface area contributed by atoms with Gasteiger partial charge in [-0.15, -0.1) is 0 Å². The van der Waals surface area contributed by atoms with Crippen LogP contribution in [-0.2, 0) is 10.0 Å². The van der Waals surface area contributed by atoms with E-state index >= 15 is 0 Å². The molecule has 0 amide bonds. The molecule has 2 aromatic rings. The van der Waals surface area contributed by atoms with Gasteiger partial charge < -0.3 is 10.8 Å². The third-order valence-electron chi connectivity index (χ3n) is 3.98. The number of sulfonamides is 1. The van der Waals surface area contributed by atoms with E-state index in [1.165, 1.54) is 4.31 Å². The van der Waals surface area contributed by atoms with Gasteiger partial charge in [-0.1, -0.05) is 18.2 Å². The van der Waals surface area contributed by atoms with Gasteiger partial charge >= 0.3 is 0 Å². The molecule has 5 nitrogen and oxygen atoms in total. The van der Waals surface area contributed by atoms with Crippen LogP contribution in [0.3, 0.4) is 0 Å². The number of hydrogen-bond donors (Lipinski definition) is 2. The molecule has 21 heavy (non-hydrogen) atoms. The molecule has 3 rings (SSSR count). The highest BCUT2D eigenvalue weighted by molar-refractivity contribution is 7.89. The van der Waals surface area contributed by atoms with E-state index in [-0.39, 0.29) is 17.5 Å². The lowest BCUT2D eigenvalue weighted by Gasteiger charge is -2.23. The summed E-state index contributed by atoms with van der Waals surface area (Å²) in [5.41, 5.74) is 6.36. The zero-order valence-electron chi connectivity index (χ0n) is 11.6. The fourth-order valence-electron chi connectivity index (χ4n) is 2.93. The lowest BCUT2D eigenvalue weighted by molar-refractivity contribution is 0.213. The van der Waals surface area contributed by atoms with Gasteiger partial charge in [-0.05, 0) is 36.4 Å². The zero-order valence-corrected chi connectivity index (χ0v) is 12.4. The van der Waals surface area contributed by atoms with Crippen molar-refractivity contribution in [1.82, 2.24) is 4.31 Å². The number of nitrogens with zero attached hydrogens (tertiary/aromatic N) is 1. The maximum absolute atomic E-state index is 12.9. The quantitative estimate of drug-likeness (QED) is 0.843. The van der Waals surface area contributed by atoms with E-state index in [4.69, 9.17) is 5.73 Å². The zero-order chi connectivity index (χ0) is 15.0. The highest BCUT2D eigenvalue weighted by Gasteiger charge is 2.35. The summed E-state index contributed by atoms with van der Waals surface area (Å²) in [4.78, 5) is 0.278. The molecular weight excluding hydrogens is 288 g/mol. The van der Waals surface area contributed by atoms with Gasteiger partial charge in [0.15, 0.2) is 0 Å². The number of hydrogen-bond acceptors (Lipinski definition) is 4. The second-order valence-electron chi connectivity index (χ2n) is 5.33. The predicted octanol–water partition coefficient (Wildman–Crippen LogP) is 1.57. The number of rotatable bonds is 3. The molecule has 1 aliphatic heterocycles. The monoisotopic (exact) mass is 306 g/mol. The summed E-state index contributed by atoms with van der Waals surface area (Å²) in [6.07, 6.45) is 1.48. The SMILES string of the molecule is Nc1ccc2c(S(=O)(=O)N3CCCC3CO)cccc2c1. The highest BCUT2D eigenvalue weighted by Crippen LogP contribution is 2.31. The van der Waals surface area contributed by atoms with Crippen molar-refractivity contribution < 1.29 is 13.5 Å². The summed E-state index contributed by atoms with van der Waals surface area (Å²) in [6, 6.07) is 10.1. The fourth-order valence-corrected chi connectivity index (χ4v) is 4.83. The van der Waals surface area contributed by atoms with Crippen molar-refractivity contribution in [3.05, 3.63) is 36.4 Å². The first-order chi connectivity index (χ1) is 10.0. The number of aliphatic hydroxyl groups excluding tert-OH is 1. The van der Waals surface area contributed by atoms with Gasteiger partial charge in [0.05, 0.1) is 11.5 Å². The average molecular weight is 306 g/mol. The third kappa shape index (κ3) is 2.39. The van der Waals surface area contributed by atoms with Crippen LogP contribution in [0, 0.1) is 0 Å². The van der Waals surface area contributed by atoms with Crippen LogP contribution in [0.4, 0.5) is 5.69 Å². The molecule has 0 radical (unpaired) electrons. The Morgan fingerprint density at radius 1 is 1.29 bits per heavy atom. The van der Waals surface area contributed by atoms with Gasteiger partial charge in [-0.25, -0.2) is 8.42 Å². The van der Waals surface area contributed by atoms with E-state index in [0.717, 1.165) is 11.8 Å². The highest BCUT2D eigenvalue weighted by atomic mass is 32.2. The predicted molar refractivity (Wildman–Crippen MR) is 82.4 cm³/mol. The smallest absolute Gasteiger partial charge is 0.244 e. The second kappa shape index (κ2) is 5.29. The Labute approximate surface area is 124 Å². The number of fused-ring (bicyclic) bond motifs is 1. The molecule has 112 valence electrons. The molecule has 3 N–H and O–H groups in total. The number of aliphatic hydroxyl groups is 1. The van der Waals surface area contributed by atoms with Gasteiger partial charge in [-0.3, -0.25) is 0 Å². The minimum atomic E-state index is -3.61. The van der Waals surface area contributed by atoms with E-state index < -0.39 is 10.0 Å². The van der Waals surface area contributed by atoms with Crippen molar-refractivity contribution in [3.8, 4) is 0 Å². The minimum absolute atomic E-state index is 0.142. The molecule has 0 spiro atoms. The van der Waals surface area contributed by atoms with E-state index in [2.05, 4.69) is 0 Å². The minimum Gasteiger partial charge on any atom is -0.399 e. The summed E-state index contributed by atoms with van der Waals surface area (Å²) in [5.74, 6) is 0. The summed E-state index contributed by atoms with van der Waals surface area (Å²) in [7, 11) is -3.61. The third-order valence-corrected chi connectivity index (χ3v) is 5.99. The first-order valence-corrected chi connectivity index (χ1v) is 8.39. The summed E-state index contributed by atoms with van der Waals surface area (Å²) >= 11 is 0. The Bertz CT molecular complexity index is 774. The van der Waals surface area contributed by atoms with Crippen molar-refractivity contribution in [3.63, 3.8) is 0 Å². The van der Waals surface area contributed by atoms with Crippen LogP contribution in [0.25, 0.3) is 10.8 Å². The van der Waals surface area contributed by atoms with Crippen LogP contribution >= 0.6 is 0 Å². The molecule has 0 aliphatic carbocycles. The van der Waals surface area contributed by atoms with Crippen LogP contribution in [0.5, 0.6) is 0 Å². The lowest BCUT2D eigenvalue weighted by atomic mass is 10.1. The molecule has 1 unspecified atom stereocenters. The Kier molecular flexibility index (Phi) is 3.61. The summed E-state index contributed by atoms with van der Waals surface area (Å²) < 4.78 is 27.2. The maximum Gasteiger partial charge on any atom is 0.244 e. The number of benzene rings is 2. The molecule has 0 aromatic heterocycles. The van der Waals surface area contributed by atoms with Gasteiger partial charge in [-0.2, -0.15) is 4.31 Å². The van der Waals surface area contributed by atoms with Gasteiger partial charge in [0.25, 0.3) is 0 Å². The summed E-state index contributed by atoms with van der Waals surface area (Å²) in [5, 5.41) is 10.8. The van der Waals surface area contributed by atoms with Crippen LogP contribution < -0.4 is 5.73 Å². The molecule has 1 atom stereocenters. The summed E-state index contributed by atoms with van der Waals surface area (Å²) in [6.45, 7) is 0.315. The van der Waals surface area contributed by atoms with Crippen molar-refractivity contribution in [2.45, 2.75) is 23.8 Å². The lowest BCUT2D eigenvalue weighted by Crippen LogP contribution is -2.37. The Morgan fingerprint density at radius 3 is 2.86 bits per heavy atom. The van der Waals surface area contributed by atoms with Gasteiger partial charge in [0.1, 0.15) is 0 Å². The Hall–Kier alpha value is -1.63. The first-order valence-electron chi connectivity index (χ1n) is 6.95. The van der Waals surface area contributed by atoms with E-state index in [9.17, 15) is 13.5 Å². The largest absolute Gasteiger partial charge is 0.399 e.